The largest absolute Gasteiger partial charge is 0.468 e. The molecule has 0 radical (unpaired) electrons. The van der Waals surface area contributed by atoms with Crippen molar-refractivity contribution in [2.24, 2.45) is 0 Å². The summed E-state index contributed by atoms with van der Waals surface area (Å²) in [6.45, 7) is 4.27. The number of benzene rings is 2. The summed E-state index contributed by atoms with van der Waals surface area (Å²) >= 11 is 0. The topological polar surface area (TPSA) is 109 Å². The van der Waals surface area contributed by atoms with Crippen LogP contribution in [0.3, 0.4) is 0 Å². The first-order valence-electron chi connectivity index (χ1n) is 10.8. The van der Waals surface area contributed by atoms with Crippen molar-refractivity contribution in [2.75, 3.05) is 37.6 Å². The van der Waals surface area contributed by atoms with Crippen molar-refractivity contribution < 1.29 is 22.1 Å². The molecule has 0 bridgehead atoms. The quantitative estimate of drug-likeness (QED) is 0.382. The number of nitro benzene ring substituents is 1. The molecule has 2 heterocycles. The molecule has 1 aliphatic rings. The van der Waals surface area contributed by atoms with Crippen molar-refractivity contribution in [1.82, 2.24) is 9.62 Å². The maximum atomic E-state index is 13.2. The van der Waals surface area contributed by atoms with Gasteiger partial charge >= 0.3 is 0 Å². The van der Waals surface area contributed by atoms with Gasteiger partial charge in [0.15, 0.2) is 0 Å². The number of non-ortho nitro benzene ring substituents is 1. The first kappa shape index (κ1) is 23.9. The highest BCUT2D eigenvalue weighted by Gasteiger charge is 2.29. The van der Waals surface area contributed by atoms with E-state index in [0.29, 0.717) is 37.5 Å². The van der Waals surface area contributed by atoms with Crippen LogP contribution in [-0.4, -0.2) is 51.0 Å². The summed E-state index contributed by atoms with van der Waals surface area (Å²) in [5, 5.41) is 11.1. The maximum Gasteiger partial charge on any atom is 0.270 e. The van der Waals surface area contributed by atoms with Gasteiger partial charge in [-0.15, -0.1) is 0 Å². The second-order valence-electron chi connectivity index (χ2n) is 8.09. The van der Waals surface area contributed by atoms with Crippen molar-refractivity contribution in [3.8, 4) is 0 Å². The van der Waals surface area contributed by atoms with E-state index in [4.69, 9.17) is 4.42 Å². The lowest BCUT2D eigenvalue weighted by Gasteiger charge is -2.39. The van der Waals surface area contributed by atoms with E-state index < -0.39 is 14.9 Å². The maximum absolute atomic E-state index is 13.2. The van der Waals surface area contributed by atoms with Gasteiger partial charge in [0.2, 0.25) is 10.0 Å². The molecule has 1 aromatic heterocycles. The van der Waals surface area contributed by atoms with Crippen LogP contribution in [0, 0.1) is 22.9 Å². The van der Waals surface area contributed by atoms with Gasteiger partial charge in [-0.25, -0.2) is 17.5 Å². The highest BCUT2D eigenvalue weighted by molar-refractivity contribution is 7.89. The molecule has 1 saturated heterocycles. The Balaban J connectivity index is 1.48. The first-order chi connectivity index (χ1) is 16.2. The van der Waals surface area contributed by atoms with Gasteiger partial charge in [0.05, 0.1) is 22.1 Å². The highest BCUT2D eigenvalue weighted by Crippen LogP contribution is 2.26. The Bertz CT molecular complexity index is 1240. The van der Waals surface area contributed by atoms with Crippen molar-refractivity contribution in [1.29, 1.82) is 0 Å². The van der Waals surface area contributed by atoms with Gasteiger partial charge in [-0.1, -0.05) is 6.07 Å². The number of nitrogens with zero attached hydrogens (tertiary/aromatic N) is 3. The van der Waals surface area contributed by atoms with Crippen molar-refractivity contribution in [2.45, 2.75) is 17.9 Å². The molecule has 1 atom stereocenters. The number of nitrogens with one attached hydrogen (secondary N) is 1. The van der Waals surface area contributed by atoms with Crippen LogP contribution in [0.1, 0.15) is 17.4 Å². The number of sulfonamides is 1. The Morgan fingerprint density at radius 3 is 2.44 bits per heavy atom. The van der Waals surface area contributed by atoms with Crippen LogP contribution in [-0.2, 0) is 10.0 Å². The Hall–Kier alpha value is -3.28. The molecule has 1 N–H and O–H groups in total. The fourth-order valence-electron chi connectivity index (χ4n) is 4.09. The van der Waals surface area contributed by atoms with Crippen LogP contribution < -0.4 is 9.62 Å². The summed E-state index contributed by atoms with van der Waals surface area (Å²) in [6, 6.07) is 13.3. The fraction of sp³-hybridized carbons (Fsp3) is 0.304. The number of hydrogen-bond donors (Lipinski definition) is 1. The summed E-state index contributed by atoms with van der Waals surface area (Å²) in [5.74, 6) is 0.334. The van der Waals surface area contributed by atoms with Crippen LogP contribution in [0.25, 0.3) is 0 Å². The van der Waals surface area contributed by atoms with Crippen LogP contribution in [0.5, 0.6) is 0 Å². The average Bonchev–Trinajstić information content (AvgIpc) is 3.35. The van der Waals surface area contributed by atoms with E-state index in [1.165, 1.54) is 30.5 Å². The molecule has 0 amide bonds. The standard InChI is InChI=1S/C23H25FN4O5S/c1-17-4-7-20(28(29)30)15-23(17)34(31,32)25-16-21(22-3-2-14-33-22)27-12-10-26(11-13-27)19-8-5-18(24)6-9-19/h2-9,14-15,21,25H,10-13,16H2,1H3. The third-order valence-corrected chi connectivity index (χ3v) is 7.52. The van der Waals surface area contributed by atoms with E-state index in [9.17, 15) is 22.9 Å². The minimum absolute atomic E-state index is 0.0362. The number of hydrogen-bond acceptors (Lipinski definition) is 7. The number of aryl methyl sites for hydroxylation is 1. The SMILES string of the molecule is Cc1ccc([N+](=O)[O-])cc1S(=O)(=O)NCC(c1ccco1)N1CCN(c2ccc(F)cc2)CC1. The zero-order chi connectivity index (χ0) is 24.3. The molecule has 3 aromatic rings. The molecular formula is C23H25FN4O5S. The third-order valence-electron chi connectivity index (χ3n) is 5.96. The lowest BCUT2D eigenvalue weighted by Crippen LogP contribution is -2.49. The summed E-state index contributed by atoms with van der Waals surface area (Å²) in [7, 11) is -4.00. The summed E-state index contributed by atoms with van der Waals surface area (Å²) in [5.41, 5.74) is 1.06. The molecule has 1 fully saturated rings. The summed E-state index contributed by atoms with van der Waals surface area (Å²) in [6.07, 6.45) is 1.54. The molecule has 0 aliphatic carbocycles. The number of piperazine rings is 1. The normalized spacial score (nSPS) is 15.9. The zero-order valence-corrected chi connectivity index (χ0v) is 19.4. The third kappa shape index (κ3) is 5.27. The summed E-state index contributed by atoms with van der Waals surface area (Å²) < 4.78 is 47.5. The fourth-order valence-corrected chi connectivity index (χ4v) is 5.39. The second-order valence-corrected chi connectivity index (χ2v) is 9.82. The molecule has 2 aromatic carbocycles. The highest BCUT2D eigenvalue weighted by atomic mass is 32.2. The monoisotopic (exact) mass is 488 g/mol. The van der Waals surface area contributed by atoms with Gasteiger partial charge in [-0.05, 0) is 48.9 Å². The lowest BCUT2D eigenvalue weighted by molar-refractivity contribution is -0.385. The van der Waals surface area contributed by atoms with Crippen LogP contribution in [0.2, 0.25) is 0 Å². The Kier molecular flexibility index (Phi) is 6.96. The minimum Gasteiger partial charge on any atom is -0.468 e. The Morgan fingerprint density at radius 1 is 1.12 bits per heavy atom. The van der Waals surface area contributed by atoms with E-state index in [0.717, 1.165) is 11.8 Å². The van der Waals surface area contributed by atoms with Crippen LogP contribution in [0.4, 0.5) is 15.8 Å². The van der Waals surface area contributed by atoms with Crippen LogP contribution in [0.15, 0.2) is 70.2 Å². The van der Waals surface area contributed by atoms with Gasteiger partial charge < -0.3 is 9.32 Å². The predicted molar refractivity (Wildman–Crippen MR) is 125 cm³/mol. The number of nitro groups is 1. The smallest absolute Gasteiger partial charge is 0.270 e. The Morgan fingerprint density at radius 2 is 1.82 bits per heavy atom. The van der Waals surface area contributed by atoms with E-state index >= 15 is 0 Å². The van der Waals surface area contributed by atoms with E-state index in [2.05, 4.69) is 14.5 Å². The van der Waals surface area contributed by atoms with Gasteiger partial charge in [0.25, 0.3) is 5.69 Å². The second kappa shape index (κ2) is 9.92. The predicted octanol–water partition coefficient (Wildman–Crippen LogP) is 3.48. The summed E-state index contributed by atoms with van der Waals surface area (Å²) in [4.78, 5) is 14.6. The average molecular weight is 489 g/mol. The zero-order valence-electron chi connectivity index (χ0n) is 18.6. The number of halogens is 1. The molecule has 11 heteroatoms. The van der Waals surface area contributed by atoms with Crippen LogP contribution >= 0.6 is 0 Å². The molecule has 0 spiro atoms. The van der Waals surface area contributed by atoms with E-state index in [1.54, 1.807) is 31.2 Å². The molecule has 4 rings (SSSR count). The van der Waals surface area contributed by atoms with Crippen molar-refractivity contribution in [3.05, 3.63) is 88.1 Å². The molecule has 1 aliphatic heterocycles. The van der Waals surface area contributed by atoms with Gasteiger partial charge in [0, 0.05) is 50.5 Å². The molecule has 34 heavy (non-hydrogen) atoms. The Labute approximate surface area is 197 Å². The molecule has 1 unspecified atom stereocenters. The van der Waals surface area contributed by atoms with Crippen molar-refractivity contribution >= 4 is 21.4 Å². The van der Waals surface area contributed by atoms with Gasteiger partial charge in [-0.3, -0.25) is 15.0 Å². The van der Waals surface area contributed by atoms with E-state index in [-0.39, 0.29) is 29.0 Å². The number of rotatable bonds is 8. The number of anilines is 1. The van der Waals surface area contributed by atoms with E-state index in [1.807, 2.05) is 0 Å². The molecular weight excluding hydrogens is 463 g/mol. The minimum atomic E-state index is -4.00. The lowest BCUT2D eigenvalue weighted by atomic mass is 10.1. The molecule has 0 saturated carbocycles. The number of furan rings is 1. The van der Waals surface area contributed by atoms with Gasteiger partial charge in [-0.2, -0.15) is 0 Å². The molecule has 9 nitrogen and oxygen atoms in total. The van der Waals surface area contributed by atoms with Crippen molar-refractivity contribution in [3.63, 3.8) is 0 Å². The first-order valence-corrected chi connectivity index (χ1v) is 12.3. The van der Waals surface area contributed by atoms with Gasteiger partial charge in [0.1, 0.15) is 11.6 Å². The molecule has 180 valence electrons.